The van der Waals surface area contributed by atoms with Crippen molar-refractivity contribution < 1.29 is 9.84 Å². The van der Waals surface area contributed by atoms with Crippen LogP contribution in [0.4, 0.5) is 0 Å². The predicted octanol–water partition coefficient (Wildman–Crippen LogP) is 2.14. The molecular formula is C17H28N2O2. The lowest BCUT2D eigenvalue weighted by Gasteiger charge is -2.38. The van der Waals surface area contributed by atoms with Crippen molar-refractivity contribution in [2.24, 2.45) is 0 Å². The van der Waals surface area contributed by atoms with Gasteiger partial charge in [-0.3, -0.25) is 0 Å². The first-order valence-electron chi connectivity index (χ1n) is 7.79. The van der Waals surface area contributed by atoms with Crippen LogP contribution in [0.25, 0.3) is 0 Å². The fourth-order valence-electron chi connectivity index (χ4n) is 2.82. The van der Waals surface area contributed by atoms with Crippen molar-refractivity contribution in [3.63, 3.8) is 0 Å². The van der Waals surface area contributed by atoms with E-state index in [0.717, 1.165) is 37.4 Å². The second kappa shape index (κ2) is 7.25. The average molecular weight is 292 g/mol. The van der Waals surface area contributed by atoms with E-state index in [-0.39, 0.29) is 6.10 Å². The van der Waals surface area contributed by atoms with Crippen LogP contribution in [0.5, 0.6) is 5.75 Å². The van der Waals surface area contributed by atoms with E-state index in [1.807, 2.05) is 38.1 Å². The number of benzene rings is 1. The van der Waals surface area contributed by atoms with E-state index < -0.39 is 6.10 Å². The first kappa shape index (κ1) is 16.3. The van der Waals surface area contributed by atoms with E-state index in [2.05, 4.69) is 23.9 Å². The SMILES string of the molecule is CC(C)Oc1cccc(C(O)CC2CN(C)CCN2C)c1. The van der Waals surface area contributed by atoms with Crippen LogP contribution in [0.3, 0.4) is 0 Å². The van der Waals surface area contributed by atoms with Crippen LogP contribution in [0.15, 0.2) is 24.3 Å². The van der Waals surface area contributed by atoms with Crippen LogP contribution in [0.1, 0.15) is 31.9 Å². The predicted molar refractivity (Wildman–Crippen MR) is 85.7 cm³/mol. The highest BCUT2D eigenvalue weighted by molar-refractivity contribution is 5.30. The molecule has 4 heteroatoms. The van der Waals surface area contributed by atoms with Gasteiger partial charge in [0.2, 0.25) is 0 Å². The number of ether oxygens (including phenoxy) is 1. The summed E-state index contributed by atoms with van der Waals surface area (Å²) in [4.78, 5) is 4.67. The van der Waals surface area contributed by atoms with E-state index in [0.29, 0.717) is 6.04 Å². The van der Waals surface area contributed by atoms with E-state index in [1.165, 1.54) is 0 Å². The lowest BCUT2D eigenvalue weighted by Crippen LogP contribution is -2.50. The number of aliphatic hydroxyl groups excluding tert-OH is 1. The van der Waals surface area contributed by atoms with Crippen molar-refractivity contribution >= 4 is 0 Å². The number of likely N-dealkylation sites (N-methyl/N-ethyl adjacent to an activating group) is 2. The Labute approximate surface area is 128 Å². The van der Waals surface area contributed by atoms with Crippen molar-refractivity contribution in [1.29, 1.82) is 0 Å². The molecular weight excluding hydrogens is 264 g/mol. The van der Waals surface area contributed by atoms with Crippen molar-refractivity contribution in [2.75, 3.05) is 33.7 Å². The zero-order valence-electron chi connectivity index (χ0n) is 13.6. The molecule has 1 aliphatic heterocycles. The van der Waals surface area contributed by atoms with Crippen LogP contribution >= 0.6 is 0 Å². The highest BCUT2D eigenvalue weighted by Crippen LogP contribution is 2.25. The summed E-state index contributed by atoms with van der Waals surface area (Å²) in [6.07, 6.45) is 0.460. The quantitative estimate of drug-likeness (QED) is 0.902. The summed E-state index contributed by atoms with van der Waals surface area (Å²) in [7, 11) is 4.28. The second-order valence-electron chi connectivity index (χ2n) is 6.39. The third kappa shape index (κ3) is 4.70. The van der Waals surface area contributed by atoms with E-state index >= 15 is 0 Å². The van der Waals surface area contributed by atoms with Gasteiger partial charge in [0, 0.05) is 25.7 Å². The Morgan fingerprint density at radius 2 is 2.05 bits per heavy atom. The molecule has 0 bridgehead atoms. The van der Waals surface area contributed by atoms with Crippen molar-refractivity contribution in [2.45, 2.75) is 38.5 Å². The molecule has 118 valence electrons. The lowest BCUT2D eigenvalue weighted by molar-refractivity contribution is 0.0633. The monoisotopic (exact) mass is 292 g/mol. The average Bonchev–Trinajstić information content (AvgIpc) is 2.42. The van der Waals surface area contributed by atoms with E-state index in [4.69, 9.17) is 4.74 Å². The molecule has 1 aromatic carbocycles. The number of hydrogen-bond acceptors (Lipinski definition) is 4. The molecule has 2 unspecified atom stereocenters. The summed E-state index contributed by atoms with van der Waals surface area (Å²) >= 11 is 0. The van der Waals surface area contributed by atoms with E-state index in [9.17, 15) is 5.11 Å². The van der Waals surface area contributed by atoms with Crippen LogP contribution in [-0.2, 0) is 0 Å². The molecule has 0 spiro atoms. The molecule has 21 heavy (non-hydrogen) atoms. The second-order valence-corrected chi connectivity index (χ2v) is 6.39. The molecule has 4 nitrogen and oxygen atoms in total. The highest BCUT2D eigenvalue weighted by atomic mass is 16.5. The zero-order valence-corrected chi connectivity index (χ0v) is 13.6. The van der Waals surface area contributed by atoms with E-state index in [1.54, 1.807) is 0 Å². The molecule has 2 rings (SSSR count). The Morgan fingerprint density at radius 3 is 2.76 bits per heavy atom. The van der Waals surface area contributed by atoms with Crippen LogP contribution in [-0.4, -0.2) is 60.8 Å². The summed E-state index contributed by atoms with van der Waals surface area (Å²) in [6, 6.07) is 8.22. The van der Waals surface area contributed by atoms with Gasteiger partial charge in [0.05, 0.1) is 12.2 Å². The third-order valence-electron chi connectivity index (χ3n) is 4.09. The summed E-state index contributed by atoms with van der Waals surface area (Å²) in [5, 5.41) is 10.5. The molecule has 1 aliphatic rings. The molecule has 1 heterocycles. The Hall–Kier alpha value is -1.10. The van der Waals surface area contributed by atoms with Gasteiger partial charge in [0.25, 0.3) is 0 Å². The van der Waals surface area contributed by atoms with Crippen molar-refractivity contribution in [3.8, 4) is 5.75 Å². The molecule has 2 atom stereocenters. The van der Waals surface area contributed by atoms with Crippen LogP contribution in [0.2, 0.25) is 0 Å². The summed E-state index contributed by atoms with van der Waals surface area (Å²) < 4.78 is 5.70. The molecule has 0 radical (unpaired) electrons. The molecule has 0 aliphatic carbocycles. The van der Waals surface area contributed by atoms with Crippen molar-refractivity contribution in [3.05, 3.63) is 29.8 Å². The van der Waals surface area contributed by atoms with Gasteiger partial charge in [-0.15, -0.1) is 0 Å². The topological polar surface area (TPSA) is 35.9 Å². The van der Waals surface area contributed by atoms with Crippen LogP contribution < -0.4 is 4.74 Å². The maximum absolute atomic E-state index is 10.5. The van der Waals surface area contributed by atoms with Crippen LogP contribution in [0, 0.1) is 0 Å². The number of piperazine rings is 1. The molecule has 1 N–H and O–H groups in total. The Bertz CT molecular complexity index is 450. The fraction of sp³-hybridized carbons (Fsp3) is 0.647. The van der Waals surface area contributed by atoms with Gasteiger partial charge in [-0.2, -0.15) is 0 Å². The maximum Gasteiger partial charge on any atom is 0.120 e. The third-order valence-corrected chi connectivity index (χ3v) is 4.09. The number of nitrogens with zero attached hydrogens (tertiary/aromatic N) is 2. The summed E-state index contributed by atoms with van der Waals surface area (Å²) in [5.74, 6) is 0.829. The summed E-state index contributed by atoms with van der Waals surface area (Å²) in [5.41, 5.74) is 0.940. The molecule has 0 saturated carbocycles. The van der Waals surface area contributed by atoms with Gasteiger partial charge < -0.3 is 19.6 Å². The molecule has 0 aromatic heterocycles. The minimum absolute atomic E-state index is 0.149. The molecule has 1 aromatic rings. The number of rotatable bonds is 5. The molecule has 1 saturated heterocycles. The highest BCUT2D eigenvalue weighted by Gasteiger charge is 2.25. The van der Waals surface area contributed by atoms with Gasteiger partial charge in [-0.25, -0.2) is 0 Å². The van der Waals surface area contributed by atoms with Gasteiger partial charge in [0.15, 0.2) is 0 Å². The molecule has 0 amide bonds. The largest absolute Gasteiger partial charge is 0.491 e. The van der Waals surface area contributed by atoms with Gasteiger partial charge in [-0.1, -0.05) is 12.1 Å². The maximum atomic E-state index is 10.5. The smallest absolute Gasteiger partial charge is 0.120 e. The minimum Gasteiger partial charge on any atom is -0.491 e. The minimum atomic E-state index is -0.445. The van der Waals surface area contributed by atoms with Gasteiger partial charge in [-0.05, 0) is 52.1 Å². The normalized spacial score (nSPS) is 22.5. The van der Waals surface area contributed by atoms with Gasteiger partial charge in [0.1, 0.15) is 5.75 Å². The van der Waals surface area contributed by atoms with Gasteiger partial charge >= 0.3 is 0 Å². The standard InChI is InChI=1S/C17H28N2O2/c1-13(2)21-16-7-5-6-14(10-16)17(20)11-15-12-18(3)8-9-19(15)4/h5-7,10,13,15,17,20H,8-9,11-12H2,1-4H3. The Balaban J connectivity index is 2.00. The van der Waals surface area contributed by atoms with Crippen molar-refractivity contribution in [1.82, 2.24) is 9.80 Å². The lowest BCUT2D eigenvalue weighted by atomic mass is 9.99. The Kier molecular flexibility index (Phi) is 5.62. The Morgan fingerprint density at radius 1 is 1.29 bits per heavy atom. The number of aliphatic hydroxyl groups is 1. The molecule has 1 fully saturated rings. The first-order valence-corrected chi connectivity index (χ1v) is 7.79. The number of hydrogen-bond donors (Lipinski definition) is 1. The zero-order chi connectivity index (χ0) is 15.4. The fourth-order valence-corrected chi connectivity index (χ4v) is 2.82. The first-order chi connectivity index (χ1) is 9.95. The summed E-state index contributed by atoms with van der Waals surface area (Å²) in [6.45, 7) is 7.19.